The predicted octanol–water partition coefficient (Wildman–Crippen LogP) is 3.57. The number of fused-ring (bicyclic) bond motifs is 1. The van der Waals surface area contributed by atoms with Gasteiger partial charge in [-0.3, -0.25) is 14.3 Å². The highest BCUT2D eigenvalue weighted by Crippen LogP contribution is 2.26. The van der Waals surface area contributed by atoms with Crippen LogP contribution < -0.4 is 5.32 Å². The van der Waals surface area contributed by atoms with Crippen LogP contribution in [0.5, 0.6) is 0 Å². The number of halogens is 1. The second-order valence-electron chi connectivity index (χ2n) is 5.00. The van der Waals surface area contributed by atoms with Crippen LogP contribution >= 0.6 is 11.3 Å². The molecule has 1 unspecified atom stereocenters. The van der Waals surface area contributed by atoms with Gasteiger partial charge in [0.25, 0.3) is 5.91 Å². The van der Waals surface area contributed by atoms with Gasteiger partial charge in [-0.1, -0.05) is 23.5 Å². The van der Waals surface area contributed by atoms with Crippen molar-refractivity contribution < 1.29 is 13.4 Å². The molecule has 1 N–H and O–H groups in total. The molecular weight excluding hydrogens is 335 g/mol. The summed E-state index contributed by atoms with van der Waals surface area (Å²) in [6.07, 6.45) is 1.62. The number of carbonyl (C=O) groups excluding carboxylic acids is 1. The molecule has 3 aromatic rings. The number of rotatable bonds is 4. The Kier molecular flexibility index (Phi) is 4.49. The standard InChI is InChI=1S/C16H13FN2O2S2/c1-23(21)9-10-3-2-4-11(7-10)15(20)19-16-18-13-6-5-12(17)8-14(13)22-16/h2-8H,9H2,1H3,(H,18,19,20). The maximum atomic E-state index is 13.2. The predicted molar refractivity (Wildman–Crippen MR) is 91.7 cm³/mol. The third-order valence-corrected chi connectivity index (χ3v) is 4.80. The van der Waals surface area contributed by atoms with Crippen LogP contribution in [0.2, 0.25) is 0 Å². The lowest BCUT2D eigenvalue weighted by molar-refractivity contribution is 0.102. The molecule has 0 radical (unpaired) electrons. The first-order valence-corrected chi connectivity index (χ1v) is 9.32. The Morgan fingerprint density at radius 3 is 2.91 bits per heavy atom. The number of amides is 1. The lowest BCUT2D eigenvalue weighted by Crippen LogP contribution is -2.12. The van der Waals surface area contributed by atoms with Gasteiger partial charge in [0.15, 0.2) is 5.13 Å². The molecule has 0 aliphatic heterocycles. The third kappa shape index (κ3) is 3.80. The lowest BCUT2D eigenvalue weighted by Gasteiger charge is -2.04. The highest BCUT2D eigenvalue weighted by molar-refractivity contribution is 7.83. The smallest absolute Gasteiger partial charge is 0.257 e. The van der Waals surface area contributed by atoms with E-state index in [9.17, 15) is 13.4 Å². The van der Waals surface area contributed by atoms with Crippen LogP contribution in [-0.4, -0.2) is 21.4 Å². The van der Waals surface area contributed by atoms with Crippen LogP contribution in [0.1, 0.15) is 15.9 Å². The summed E-state index contributed by atoms with van der Waals surface area (Å²) in [4.78, 5) is 16.6. The fourth-order valence-electron chi connectivity index (χ4n) is 2.16. The van der Waals surface area contributed by atoms with E-state index in [-0.39, 0.29) is 11.7 Å². The van der Waals surface area contributed by atoms with Crippen LogP contribution in [0.15, 0.2) is 42.5 Å². The molecule has 1 atom stereocenters. The zero-order chi connectivity index (χ0) is 16.4. The van der Waals surface area contributed by atoms with Gasteiger partial charge in [0.2, 0.25) is 0 Å². The van der Waals surface area contributed by atoms with E-state index in [1.165, 1.54) is 23.5 Å². The molecule has 1 heterocycles. The normalized spacial score (nSPS) is 12.3. The van der Waals surface area contributed by atoms with Crippen molar-refractivity contribution in [3.05, 3.63) is 59.4 Å². The average molecular weight is 348 g/mol. The second kappa shape index (κ2) is 6.55. The number of hydrogen-bond acceptors (Lipinski definition) is 4. The number of benzene rings is 2. The summed E-state index contributed by atoms with van der Waals surface area (Å²) < 4.78 is 25.1. The Balaban J connectivity index is 1.81. The molecule has 3 rings (SSSR count). The van der Waals surface area contributed by atoms with Gasteiger partial charge < -0.3 is 0 Å². The maximum Gasteiger partial charge on any atom is 0.257 e. The zero-order valence-electron chi connectivity index (χ0n) is 12.2. The fourth-order valence-corrected chi connectivity index (χ4v) is 3.69. The van der Waals surface area contributed by atoms with Crippen LogP contribution in [0.25, 0.3) is 10.2 Å². The van der Waals surface area contributed by atoms with Crippen molar-refractivity contribution in [2.75, 3.05) is 11.6 Å². The van der Waals surface area contributed by atoms with Gasteiger partial charge >= 0.3 is 0 Å². The fraction of sp³-hybridized carbons (Fsp3) is 0.125. The molecule has 0 fully saturated rings. The Bertz CT molecular complexity index is 908. The van der Waals surface area contributed by atoms with Crippen LogP contribution in [0, 0.1) is 5.82 Å². The number of hydrogen-bond donors (Lipinski definition) is 1. The van der Waals surface area contributed by atoms with Crippen molar-refractivity contribution in [1.82, 2.24) is 4.98 Å². The molecule has 7 heteroatoms. The quantitative estimate of drug-likeness (QED) is 0.784. The SMILES string of the molecule is CS(=O)Cc1cccc(C(=O)Nc2nc3ccc(F)cc3s2)c1. The highest BCUT2D eigenvalue weighted by Gasteiger charge is 2.11. The highest BCUT2D eigenvalue weighted by atomic mass is 32.2. The maximum absolute atomic E-state index is 13.2. The molecule has 0 aliphatic carbocycles. The minimum atomic E-state index is -0.966. The number of anilines is 1. The van der Waals surface area contributed by atoms with Crippen molar-refractivity contribution in [2.45, 2.75) is 5.75 Å². The minimum absolute atomic E-state index is 0.298. The molecule has 1 amide bonds. The van der Waals surface area contributed by atoms with E-state index in [2.05, 4.69) is 10.3 Å². The van der Waals surface area contributed by atoms with Crippen molar-refractivity contribution in [2.24, 2.45) is 0 Å². The van der Waals surface area contributed by atoms with E-state index in [4.69, 9.17) is 0 Å². The van der Waals surface area contributed by atoms with E-state index in [1.807, 2.05) is 6.07 Å². The van der Waals surface area contributed by atoms with Gasteiger partial charge in [0.05, 0.1) is 10.2 Å². The minimum Gasteiger partial charge on any atom is -0.298 e. The third-order valence-electron chi connectivity index (χ3n) is 3.13. The van der Waals surface area contributed by atoms with Crippen LogP contribution in [0.4, 0.5) is 9.52 Å². The topological polar surface area (TPSA) is 59.1 Å². The largest absolute Gasteiger partial charge is 0.298 e. The molecule has 2 aromatic carbocycles. The van der Waals surface area contributed by atoms with Crippen molar-refractivity contribution >= 4 is 43.4 Å². The Labute approximate surface area is 138 Å². The van der Waals surface area contributed by atoms with Gasteiger partial charge in [-0.15, -0.1) is 0 Å². The number of carbonyl (C=O) groups is 1. The van der Waals surface area contributed by atoms with Gasteiger partial charge in [-0.2, -0.15) is 0 Å². The molecule has 0 saturated carbocycles. The monoisotopic (exact) mass is 348 g/mol. The first kappa shape index (κ1) is 15.8. The van der Waals surface area contributed by atoms with Gasteiger partial charge in [0, 0.05) is 28.4 Å². The van der Waals surface area contributed by atoms with E-state index >= 15 is 0 Å². The number of nitrogens with one attached hydrogen (secondary N) is 1. The van der Waals surface area contributed by atoms with Crippen molar-refractivity contribution in [3.63, 3.8) is 0 Å². The summed E-state index contributed by atoms with van der Waals surface area (Å²) in [7, 11) is -0.966. The molecule has 0 saturated heterocycles. The first-order chi connectivity index (χ1) is 11.0. The Morgan fingerprint density at radius 2 is 2.13 bits per heavy atom. The molecule has 23 heavy (non-hydrogen) atoms. The van der Waals surface area contributed by atoms with Gasteiger partial charge in [-0.05, 0) is 35.9 Å². The summed E-state index contributed by atoms with van der Waals surface area (Å²) in [6.45, 7) is 0. The molecular formula is C16H13FN2O2S2. The van der Waals surface area contributed by atoms with E-state index in [0.29, 0.717) is 26.7 Å². The van der Waals surface area contributed by atoms with E-state index < -0.39 is 10.8 Å². The Hall–Kier alpha value is -2.12. The number of nitrogens with zero attached hydrogens (tertiary/aromatic N) is 1. The molecule has 0 aliphatic rings. The summed E-state index contributed by atoms with van der Waals surface area (Å²) in [6, 6.07) is 11.3. The molecule has 4 nitrogen and oxygen atoms in total. The molecule has 1 aromatic heterocycles. The summed E-state index contributed by atoms with van der Waals surface area (Å²) in [5.74, 6) is -0.228. The zero-order valence-corrected chi connectivity index (χ0v) is 13.8. The first-order valence-electron chi connectivity index (χ1n) is 6.78. The van der Waals surface area contributed by atoms with E-state index in [0.717, 1.165) is 5.56 Å². The summed E-state index contributed by atoms with van der Waals surface area (Å²) >= 11 is 1.22. The van der Waals surface area contributed by atoms with Crippen LogP contribution in [0.3, 0.4) is 0 Å². The lowest BCUT2D eigenvalue weighted by atomic mass is 10.1. The van der Waals surface area contributed by atoms with Crippen molar-refractivity contribution in [3.8, 4) is 0 Å². The molecule has 0 bridgehead atoms. The van der Waals surface area contributed by atoms with Crippen molar-refractivity contribution in [1.29, 1.82) is 0 Å². The van der Waals surface area contributed by atoms with Gasteiger partial charge in [-0.25, -0.2) is 9.37 Å². The molecule has 118 valence electrons. The number of aromatic nitrogens is 1. The van der Waals surface area contributed by atoms with Gasteiger partial charge in [0.1, 0.15) is 5.82 Å². The second-order valence-corrected chi connectivity index (χ2v) is 7.47. The average Bonchev–Trinajstić information content (AvgIpc) is 2.88. The van der Waals surface area contributed by atoms with Crippen LogP contribution in [-0.2, 0) is 16.6 Å². The Morgan fingerprint density at radius 1 is 1.30 bits per heavy atom. The molecule has 0 spiro atoms. The number of thiazole rings is 1. The van der Waals surface area contributed by atoms with E-state index in [1.54, 1.807) is 30.5 Å². The summed E-state index contributed by atoms with van der Waals surface area (Å²) in [5, 5.41) is 3.13. The summed E-state index contributed by atoms with van der Waals surface area (Å²) in [5.41, 5.74) is 1.95.